The number of hydrogen-bond acceptors (Lipinski definition) is 0. The van der Waals surface area contributed by atoms with Gasteiger partial charge in [-0.05, 0) is 17.5 Å². The van der Waals surface area contributed by atoms with Crippen molar-refractivity contribution in [3.05, 3.63) is 64.9 Å². The zero-order chi connectivity index (χ0) is 12.6. The largest absolute Gasteiger partial charge is 0.0900 e. The summed E-state index contributed by atoms with van der Waals surface area (Å²) in [5.41, 5.74) is 3.66. The van der Waals surface area contributed by atoms with E-state index in [1.165, 1.54) is 18.0 Å². The molecule has 2 atom stereocenters. The third kappa shape index (κ3) is 1.65. The van der Waals surface area contributed by atoms with E-state index in [0.29, 0.717) is 5.54 Å². The molecular formula is C17H20Si. The molecule has 0 heterocycles. The first-order valence-corrected chi connectivity index (χ1v) is 9.67. The van der Waals surface area contributed by atoms with Gasteiger partial charge in [0.1, 0.15) is 0 Å². The van der Waals surface area contributed by atoms with Gasteiger partial charge in [0.25, 0.3) is 0 Å². The number of benzene rings is 1. The predicted octanol–water partition coefficient (Wildman–Crippen LogP) is 4.86. The van der Waals surface area contributed by atoms with E-state index >= 15 is 0 Å². The molecule has 0 saturated heterocycles. The maximum absolute atomic E-state index is 2.56. The summed E-state index contributed by atoms with van der Waals surface area (Å²) in [5, 5.41) is 1.72. The Hall–Kier alpha value is -1.34. The van der Waals surface area contributed by atoms with E-state index in [4.69, 9.17) is 0 Å². The Kier molecular flexibility index (Phi) is 2.87. The minimum absolute atomic E-state index is 0.671. The summed E-state index contributed by atoms with van der Waals surface area (Å²) in [6.07, 6.45) is 12.9. The molecule has 1 aromatic rings. The van der Waals surface area contributed by atoms with Crippen molar-refractivity contribution in [2.24, 2.45) is 0 Å². The summed E-state index contributed by atoms with van der Waals surface area (Å²) >= 11 is 0. The lowest BCUT2D eigenvalue weighted by atomic mass is 10.1. The average Bonchev–Trinajstić information content (AvgIpc) is 3.07. The summed E-state index contributed by atoms with van der Waals surface area (Å²) in [5.74, 6) is 0. The summed E-state index contributed by atoms with van der Waals surface area (Å²) < 4.78 is 0. The fourth-order valence-electron chi connectivity index (χ4n) is 3.32. The van der Waals surface area contributed by atoms with E-state index in [-0.39, 0.29) is 0 Å². The fraction of sp³-hybridized carbons (Fsp3) is 0.294. The zero-order valence-corrected chi connectivity index (χ0v) is 12.2. The molecule has 0 bridgehead atoms. The van der Waals surface area contributed by atoms with Crippen molar-refractivity contribution in [2.75, 3.05) is 0 Å². The van der Waals surface area contributed by atoms with Crippen molar-refractivity contribution in [3.63, 3.8) is 0 Å². The number of allylic oxidation sites excluding steroid dienone is 5. The standard InChI is InChI=1S/C17H20Si/c1-3-18(2,15-9-5-6-10-15)17-13-12-14-8-4-7-11-16(14)17/h4-9,11-13,17H,3,10H2,1-2H3. The number of rotatable bonds is 3. The number of fused-ring (bicyclic) bond motifs is 1. The van der Waals surface area contributed by atoms with E-state index in [2.05, 4.69) is 68.1 Å². The van der Waals surface area contributed by atoms with Crippen molar-refractivity contribution >= 4 is 14.1 Å². The molecular weight excluding hydrogens is 232 g/mol. The van der Waals surface area contributed by atoms with Crippen molar-refractivity contribution < 1.29 is 0 Å². The van der Waals surface area contributed by atoms with Crippen LogP contribution in [-0.2, 0) is 0 Å². The minimum Gasteiger partial charge on any atom is -0.0809 e. The molecule has 1 aromatic carbocycles. The normalized spacial score (nSPS) is 23.9. The lowest BCUT2D eigenvalue weighted by Crippen LogP contribution is -2.38. The molecule has 1 heteroatoms. The Bertz CT molecular complexity index is 550. The highest BCUT2D eigenvalue weighted by Gasteiger charge is 2.40. The van der Waals surface area contributed by atoms with Gasteiger partial charge in [0.2, 0.25) is 0 Å². The van der Waals surface area contributed by atoms with E-state index in [1.54, 1.807) is 10.8 Å². The van der Waals surface area contributed by atoms with Crippen LogP contribution in [0.5, 0.6) is 0 Å². The molecule has 0 radical (unpaired) electrons. The average molecular weight is 252 g/mol. The molecule has 2 aliphatic rings. The molecule has 3 rings (SSSR count). The molecule has 0 aromatic heterocycles. The molecule has 0 saturated carbocycles. The Morgan fingerprint density at radius 1 is 1.28 bits per heavy atom. The van der Waals surface area contributed by atoms with Crippen molar-refractivity contribution in [1.29, 1.82) is 0 Å². The highest BCUT2D eigenvalue weighted by atomic mass is 28.3. The van der Waals surface area contributed by atoms with Crippen LogP contribution in [-0.4, -0.2) is 8.07 Å². The maximum Gasteiger partial charge on any atom is 0.0900 e. The quantitative estimate of drug-likeness (QED) is 0.674. The summed E-state index contributed by atoms with van der Waals surface area (Å²) in [6, 6.07) is 10.2. The second-order valence-corrected chi connectivity index (χ2v) is 10.4. The van der Waals surface area contributed by atoms with Gasteiger partial charge in [-0.2, -0.15) is 0 Å². The van der Waals surface area contributed by atoms with Crippen LogP contribution in [0.2, 0.25) is 12.6 Å². The van der Waals surface area contributed by atoms with Crippen LogP contribution in [0.4, 0.5) is 0 Å². The first-order chi connectivity index (χ1) is 8.75. The Balaban J connectivity index is 2.02. The second-order valence-electron chi connectivity index (χ2n) is 5.56. The van der Waals surface area contributed by atoms with Crippen LogP contribution in [0.25, 0.3) is 6.08 Å². The van der Waals surface area contributed by atoms with Gasteiger partial charge in [-0.3, -0.25) is 0 Å². The highest BCUT2D eigenvalue weighted by Crippen LogP contribution is 2.43. The highest BCUT2D eigenvalue weighted by molar-refractivity contribution is 6.87. The van der Waals surface area contributed by atoms with Crippen LogP contribution < -0.4 is 0 Å². The molecule has 0 spiro atoms. The van der Waals surface area contributed by atoms with Gasteiger partial charge in [-0.1, -0.05) is 79.4 Å². The van der Waals surface area contributed by atoms with Gasteiger partial charge < -0.3 is 0 Å². The monoisotopic (exact) mass is 252 g/mol. The second kappa shape index (κ2) is 4.40. The smallest absolute Gasteiger partial charge is 0.0809 e. The van der Waals surface area contributed by atoms with Crippen LogP contribution >= 0.6 is 0 Å². The molecule has 0 amide bonds. The number of hydrogen-bond donors (Lipinski definition) is 0. The first-order valence-electron chi connectivity index (χ1n) is 6.89. The molecule has 92 valence electrons. The maximum atomic E-state index is 2.56. The molecule has 2 unspecified atom stereocenters. The van der Waals surface area contributed by atoms with Gasteiger partial charge in [0, 0.05) is 5.54 Å². The third-order valence-electron chi connectivity index (χ3n) is 4.73. The molecule has 2 aliphatic carbocycles. The lowest BCUT2D eigenvalue weighted by molar-refractivity contribution is 1.10. The minimum atomic E-state index is -1.40. The van der Waals surface area contributed by atoms with Gasteiger partial charge in [-0.25, -0.2) is 0 Å². The van der Waals surface area contributed by atoms with E-state index in [1.807, 2.05) is 0 Å². The summed E-state index contributed by atoms with van der Waals surface area (Å²) in [4.78, 5) is 0. The fourth-order valence-corrected chi connectivity index (χ4v) is 7.15. The summed E-state index contributed by atoms with van der Waals surface area (Å²) in [7, 11) is -1.40. The Morgan fingerprint density at radius 2 is 2.11 bits per heavy atom. The van der Waals surface area contributed by atoms with Crippen molar-refractivity contribution in [1.82, 2.24) is 0 Å². The van der Waals surface area contributed by atoms with Crippen molar-refractivity contribution in [3.8, 4) is 0 Å². The third-order valence-corrected chi connectivity index (χ3v) is 9.91. The first kappa shape index (κ1) is 11.7. The zero-order valence-electron chi connectivity index (χ0n) is 11.2. The molecule has 0 nitrogen and oxygen atoms in total. The van der Waals surface area contributed by atoms with Crippen LogP contribution in [0.3, 0.4) is 0 Å². The van der Waals surface area contributed by atoms with E-state index in [0.717, 1.165) is 0 Å². The van der Waals surface area contributed by atoms with Crippen molar-refractivity contribution in [2.45, 2.75) is 31.5 Å². The lowest BCUT2D eigenvalue weighted by Gasteiger charge is -2.34. The van der Waals surface area contributed by atoms with E-state index in [9.17, 15) is 0 Å². The summed E-state index contributed by atoms with van der Waals surface area (Å²) in [6.45, 7) is 4.93. The molecule has 0 aliphatic heterocycles. The van der Waals surface area contributed by atoms with Gasteiger partial charge in [-0.15, -0.1) is 0 Å². The molecule has 18 heavy (non-hydrogen) atoms. The van der Waals surface area contributed by atoms with Gasteiger partial charge >= 0.3 is 0 Å². The Labute approximate surface area is 111 Å². The van der Waals surface area contributed by atoms with Crippen LogP contribution in [0.1, 0.15) is 30.0 Å². The van der Waals surface area contributed by atoms with Crippen LogP contribution in [0.15, 0.2) is 53.8 Å². The van der Waals surface area contributed by atoms with E-state index < -0.39 is 8.07 Å². The molecule has 0 N–H and O–H groups in total. The van der Waals surface area contributed by atoms with Crippen LogP contribution in [0, 0.1) is 0 Å². The van der Waals surface area contributed by atoms with Gasteiger partial charge in [0.15, 0.2) is 0 Å². The van der Waals surface area contributed by atoms with Gasteiger partial charge in [0.05, 0.1) is 8.07 Å². The SMILES string of the molecule is CC[Si](C)(C1=CC=CC1)C1C=Cc2ccccc21. The Morgan fingerprint density at radius 3 is 2.83 bits per heavy atom. The topological polar surface area (TPSA) is 0 Å². The molecule has 0 fully saturated rings. The predicted molar refractivity (Wildman–Crippen MR) is 82.2 cm³/mol.